The summed E-state index contributed by atoms with van der Waals surface area (Å²) in [5.74, 6) is -0.147. The molecule has 0 radical (unpaired) electrons. The molecule has 0 aliphatic carbocycles. The van der Waals surface area contributed by atoms with Gasteiger partial charge in [0.2, 0.25) is 10.0 Å². The zero-order valence-electron chi connectivity index (χ0n) is 18.3. The lowest BCUT2D eigenvalue weighted by Crippen LogP contribution is -2.35. The smallest absolute Gasteiger partial charge is 0.274 e. The molecule has 1 fully saturated rings. The van der Waals surface area contributed by atoms with Gasteiger partial charge in [0.05, 0.1) is 6.61 Å². The van der Waals surface area contributed by atoms with Crippen LogP contribution in [0.1, 0.15) is 36.7 Å². The van der Waals surface area contributed by atoms with Crippen LogP contribution in [0.25, 0.3) is 5.69 Å². The van der Waals surface area contributed by atoms with Crippen LogP contribution in [0.5, 0.6) is 5.75 Å². The Labute approximate surface area is 198 Å². The number of amides is 1. The monoisotopic (exact) mass is 486 g/mol. The summed E-state index contributed by atoms with van der Waals surface area (Å²) in [6.45, 7) is 3.09. The number of imidazole rings is 1. The number of nitrogens with one attached hydrogen (secondary N) is 2. The van der Waals surface area contributed by atoms with E-state index in [-0.39, 0.29) is 10.6 Å². The van der Waals surface area contributed by atoms with Crippen molar-refractivity contribution in [1.29, 1.82) is 0 Å². The lowest BCUT2D eigenvalue weighted by molar-refractivity contribution is 0.102. The van der Waals surface area contributed by atoms with Gasteiger partial charge in [-0.05, 0) is 62.3 Å². The number of carbonyl (C=O) groups is 1. The van der Waals surface area contributed by atoms with Crippen LogP contribution in [0.3, 0.4) is 0 Å². The van der Waals surface area contributed by atoms with Crippen LogP contribution in [-0.4, -0.2) is 47.9 Å². The van der Waals surface area contributed by atoms with Crippen molar-refractivity contribution in [3.05, 3.63) is 65.2 Å². The van der Waals surface area contributed by atoms with Crippen LogP contribution >= 0.6 is 12.2 Å². The minimum absolute atomic E-state index is 0.0537. The normalized spacial score (nSPS) is 14.7. The van der Waals surface area contributed by atoms with Gasteiger partial charge in [-0.25, -0.2) is 8.42 Å². The summed E-state index contributed by atoms with van der Waals surface area (Å²) in [7, 11) is -3.76. The molecule has 2 aromatic carbocycles. The number of sulfonamides is 1. The Bertz CT molecular complexity index is 1290. The Balaban J connectivity index is 1.67. The molecule has 0 saturated carbocycles. The highest BCUT2D eigenvalue weighted by Crippen LogP contribution is 2.31. The summed E-state index contributed by atoms with van der Waals surface area (Å²) in [5.41, 5.74) is 1.40. The molecule has 2 heterocycles. The first-order chi connectivity index (χ1) is 15.9. The summed E-state index contributed by atoms with van der Waals surface area (Å²) in [4.78, 5) is 16.1. The first-order valence-electron chi connectivity index (χ1n) is 10.9. The summed E-state index contributed by atoms with van der Waals surface area (Å²) in [5, 5.41) is 2.80. The highest BCUT2D eigenvalue weighted by molar-refractivity contribution is 7.89. The summed E-state index contributed by atoms with van der Waals surface area (Å²) in [6, 6.07) is 14.0. The molecule has 1 saturated heterocycles. The van der Waals surface area contributed by atoms with Crippen molar-refractivity contribution in [3.8, 4) is 11.4 Å². The molecule has 1 aliphatic rings. The molecule has 1 amide bonds. The fraction of sp³-hybridized carbons (Fsp3) is 0.304. The molecule has 0 spiro atoms. The van der Waals surface area contributed by atoms with E-state index in [2.05, 4.69) is 10.3 Å². The second kappa shape index (κ2) is 9.90. The van der Waals surface area contributed by atoms with Gasteiger partial charge in [0.15, 0.2) is 4.77 Å². The maximum atomic E-state index is 13.3. The summed E-state index contributed by atoms with van der Waals surface area (Å²) in [6.07, 6.45) is 4.21. The average Bonchev–Trinajstić information content (AvgIpc) is 3.22. The van der Waals surface area contributed by atoms with E-state index in [0.717, 1.165) is 24.9 Å². The fourth-order valence-corrected chi connectivity index (χ4v) is 5.81. The molecule has 0 atom stereocenters. The third-order valence-electron chi connectivity index (χ3n) is 5.46. The Kier molecular flexibility index (Phi) is 6.96. The molecule has 8 nitrogen and oxygen atoms in total. The molecular weight excluding hydrogens is 460 g/mol. The van der Waals surface area contributed by atoms with Crippen molar-refractivity contribution in [3.63, 3.8) is 0 Å². The molecule has 3 aromatic rings. The van der Waals surface area contributed by atoms with Crippen LogP contribution in [0.15, 0.2) is 59.6 Å². The third kappa shape index (κ3) is 4.87. The first-order valence-corrected chi connectivity index (χ1v) is 12.7. The number of carbonyl (C=O) groups excluding carboxylic acids is 1. The van der Waals surface area contributed by atoms with Gasteiger partial charge < -0.3 is 15.0 Å². The van der Waals surface area contributed by atoms with Gasteiger partial charge in [-0.1, -0.05) is 24.6 Å². The molecular formula is C23H26N4O4S2. The summed E-state index contributed by atoms with van der Waals surface area (Å²) < 4.78 is 35.8. The Morgan fingerprint density at radius 3 is 2.55 bits per heavy atom. The molecule has 0 bridgehead atoms. The number of H-pyrrole nitrogens is 1. The predicted octanol–water partition coefficient (Wildman–Crippen LogP) is 4.36. The number of piperidine rings is 1. The topological polar surface area (TPSA) is 96.4 Å². The standard InChI is InChI=1S/C23H26N4O4S2/c1-2-31-20-12-11-17(15-21(20)33(29,30)26-13-7-4-8-14-26)25-22(28)19-16-24-23(32)27(19)18-9-5-3-6-10-18/h3,5-6,9-12,15-16H,2,4,7-8,13-14H2,1H3,(H,24,32)(H,25,28). The average molecular weight is 487 g/mol. The van der Waals surface area contributed by atoms with Crippen molar-refractivity contribution in [2.45, 2.75) is 31.1 Å². The lowest BCUT2D eigenvalue weighted by Gasteiger charge is -2.27. The van der Waals surface area contributed by atoms with E-state index in [1.165, 1.54) is 16.6 Å². The number of benzene rings is 2. The van der Waals surface area contributed by atoms with E-state index in [0.29, 0.717) is 35.8 Å². The number of hydrogen-bond donors (Lipinski definition) is 2. The first kappa shape index (κ1) is 23.2. The van der Waals surface area contributed by atoms with Crippen molar-refractivity contribution in [2.24, 2.45) is 0 Å². The van der Waals surface area contributed by atoms with E-state index in [1.807, 2.05) is 30.3 Å². The van der Waals surface area contributed by atoms with Gasteiger partial charge in [-0.3, -0.25) is 9.36 Å². The van der Waals surface area contributed by atoms with Gasteiger partial charge in [-0.2, -0.15) is 4.31 Å². The fourth-order valence-electron chi connectivity index (χ4n) is 3.87. The van der Waals surface area contributed by atoms with Crippen LogP contribution in [0, 0.1) is 4.77 Å². The maximum Gasteiger partial charge on any atom is 0.274 e. The van der Waals surface area contributed by atoms with Crippen LogP contribution in [0.4, 0.5) is 5.69 Å². The highest BCUT2D eigenvalue weighted by Gasteiger charge is 2.29. The second-order valence-corrected chi connectivity index (χ2v) is 9.96. The van der Waals surface area contributed by atoms with E-state index < -0.39 is 15.9 Å². The predicted molar refractivity (Wildman–Crippen MR) is 129 cm³/mol. The van der Waals surface area contributed by atoms with Gasteiger partial charge in [0, 0.05) is 30.7 Å². The largest absolute Gasteiger partial charge is 0.492 e. The Morgan fingerprint density at radius 1 is 1.12 bits per heavy atom. The van der Waals surface area contributed by atoms with Gasteiger partial charge in [0.25, 0.3) is 5.91 Å². The SMILES string of the molecule is CCOc1ccc(NC(=O)c2c[nH]c(=S)n2-c2ccccc2)cc1S(=O)(=O)N1CCCCC1. The minimum atomic E-state index is -3.76. The molecule has 0 unspecified atom stereocenters. The molecule has 1 aromatic heterocycles. The van der Waals surface area contributed by atoms with E-state index in [4.69, 9.17) is 17.0 Å². The maximum absolute atomic E-state index is 13.3. The number of rotatable bonds is 7. The van der Waals surface area contributed by atoms with E-state index >= 15 is 0 Å². The number of aromatic amines is 1. The van der Waals surface area contributed by atoms with E-state index in [9.17, 15) is 13.2 Å². The third-order valence-corrected chi connectivity index (χ3v) is 7.68. The molecule has 4 rings (SSSR count). The zero-order chi connectivity index (χ0) is 23.4. The number of anilines is 1. The van der Waals surface area contributed by atoms with E-state index in [1.54, 1.807) is 23.6 Å². The van der Waals surface area contributed by atoms with Gasteiger partial charge in [0.1, 0.15) is 16.3 Å². The molecule has 10 heteroatoms. The molecule has 174 valence electrons. The van der Waals surface area contributed by atoms with Crippen molar-refractivity contribution < 1.29 is 17.9 Å². The molecule has 1 aliphatic heterocycles. The number of ether oxygens (including phenoxy) is 1. The number of aromatic nitrogens is 2. The van der Waals surface area contributed by atoms with Crippen LogP contribution in [-0.2, 0) is 10.0 Å². The number of hydrogen-bond acceptors (Lipinski definition) is 5. The van der Waals surface area contributed by atoms with Gasteiger partial charge in [-0.15, -0.1) is 0 Å². The second-order valence-electron chi connectivity index (χ2n) is 7.66. The number of nitrogens with zero attached hydrogens (tertiary/aromatic N) is 2. The molecule has 33 heavy (non-hydrogen) atoms. The lowest BCUT2D eigenvalue weighted by atomic mass is 10.2. The Hall–Kier alpha value is -2.95. The minimum Gasteiger partial charge on any atom is -0.492 e. The Morgan fingerprint density at radius 2 is 1.85 bits per heavy atom. The van der Waals surface area contributed by atoms with Crippen molar-refractivity contribution in [1.82, 2.24) is 13.9 Å². The molecule has 2 N–H and O–H groups in total. The zero-order valence-corrected chi connectivity index (χ0v) is 19.9. The van der Waals surface area contributed by atoms with Crippen LogP contribution < -0.4 is 10.1 Å². The van der Waals surface area contributed by atoms with Crippen molar-refractivity contribution in [2.75, 3.05) is 25.0 Å². The number of para-hydroxylation sites is 1. The summed E-state index contributed by atoms with van der Waals surface area (Å²) >= 11 is 5.35. The highest BCUT2D eigenvalue weighted by atomic mass is 32.2. The van der Waals surface area contributed by atoms with Crippen LogP contribution in [0.2, 0.25) is 0 Å². The quantitative estimate of drug-likeness (QED) is 0.484. The van der Waals surface area contributed by atoms with Crippen molar-refractivity contribution >= 4 is 33.8 Å². The van der Waals surface area contributed by atoms with Gasteiger partial charge >= 0.3 is 0 Å².